The van der Waals surface area contributed by atoms with Gasteiger partial charge in [0.05, 0.1) is 0 Å². The van der Waals surface area contributed by atoms with Gasteiger partial charge in [0, 0.05) is 35.1 Å². The molecule has 2 fully saturated rings. The predicted octanol–water partition coefficient (Wildman–Crippen LogP) is 3.26. The molecule has 3 heterocycles. The molecule has 2 atom stereocenters. The van der Waals surface area contributed by atoms with Crippen molar-refractivity contribution >= 4 is 16.7 Å². The van der Waals surface area contributed by atoms with Crippen LogP contribution in [0.25, 0.3) is 0 Å². The normalized spacial score (nSPS) is 31.3. The van der Waals surface area contributed by atoms with E-state index < -0.39 is 0 Å². The number of nitrogens with zero attached hydrogens (tertiary/aromatic N) is 3. The first-order valence-corrected chi connectivity index (χ1v) is 8.53. The summed E-state index contributed by atoms with van der Waals surface area (Å²) in [7, 11) is 2.30. The van der Waals surface area contributed by atoms with Gasteiger partial charge in [0.15, 0.2) is 0 Å². The van der Waals surface area contributed by atoms with Crippen LogP contribution in [0.2, 0.25) is 0 Å². The minimum Gasteiger partial charge on any atom is -0.357 e. The van der Waals surface area contributed by atoms with Crippen LogP contribution in [0.5, 0.6) is 0 Å². The second-order valence-corrected chi connectivity index (χ2v) is 8.14. The molecule has 0 spiro atoms. The summed E-state index contributed by atoms with van der Waals surface area (Å²) >= 11 is 1.51. The maximum absolute atomic E-state index is 4.67. The third kappa shape index (κ3) is 2.84. The Balaban J connectivity index is 1.65. The Morgan fingerprint density at radius 1 is 1.20 bits per heavy atom. The summed E-state index contributed by atoms with van der Waals surface area (Å²) in [4.78, 5) is 7.27. The summed E-state index contributed by atoms with van der Waals surface area (Å²) in [5.41, 5.74) is 0.0414. The van der Waals surface area contributed by atoms with E-state index in [1.807, 2.05) is 0 Å². The Kier molecular flexibility index (Phi) is 3.75. The van der Waals surface area contributed by atoms with Crippen molar-refractivity contribution in [1.29, 1.82) is 0 Å². The van der Waals surface area contributed by atoms with Gasteiger partial charge in [-0.2, -0.15) is 4.37 Å². The summed E-state index contributed by atoms with van der Waals surface area (Å²) in [5.74, 6) is 0.957. The molecule has 0 saturated carbocycles. The highest BCUT2D eigenvalue weighted by atomic mass is 32.1. The van der Waals surface area contributed by atoms with Gasteiger partial charge in [0.2, 0.25) is 5.13 Å². The molecule has 2 saturated heterocycles. The number of anilines is 1. The monoisotopic (exact) mass is 294 g/mol. The first-order chi connectivity index (χ1) is 9.43. The van der Waals surface area contributed by atoms with Crippen molar-refractivity contribution in [2.24, 2.45) is 0 Å². The summed E-state index contributed by atoms with van der Waals surface area (Å²) in [6, 6.07) is 2.09. The molecule has 4 nitrogen and oxygen atoms in total. The number of rotatable bonds is 2. The maximum Gasteiger partial charge on any atom is 0.202 e. The van der Waals surface area contributed by atoms with E-state index in [1.54, 1.807) is 0 Å². The number of aromatic nitrogens is 2. The van der Waals surface area contributed by atoms with Crippen LogP contribution >= 0.6 is 11.5 Å². The van der Waals surface area contributed by atoms with E-state index in [2.05, 4.69) is 47.4 Å². The quantitative estimate of drug-likeness (QED) is 0.909. The topological polar surface area (TPSA) is 41.0 Å². The summed E-state index contributed by atoms with van der Waals surface area (Å²) in [6.45, 7) is 6.50. The zero-order chi connectivity index (χ0) is 14.3. The van der Waals surface area contributed by atoms with Crippen LogP contribution in [0.3, 0.4) is 0 Å². The average molecular weight is 294 g/mol. The van der Waals surface area contributed by atoms with Crippen molar-refractivity contribution in [3.05, 3.63) is 5.82 Å². The zero-order valence-corrected chi connectivity index (χ0v) is 13.8. The molecule has 2 unspecified atom stereocenters. The molecule has 0 radical (unpaired) electrons. The lowest BCUT2D eigenvalue weighted by Crippen LogP contribution is -2.52. The van der Waals surface area contributed by atoms with E-state index in [-0.39, 0.29) is 5.41 Å². The molecule has 1 N–H and O–H groups in total. The first-order valence-electron chi connectivity index (χ1n) is 7.76. The number of fused-ring (bicyclic) bond motifs is 2. The third-order valence-corrected chi connectivity index (χ3v) is 5.41. The van der Waals surface area contributed by atoms with Gasteiger partial charge in [-0.25, -0.2) is 4.98 Å². The van der Waals surface area contributed by atoms with E-state index in [0.29, 0.717) is 6.04 Å². The van der Waals surface area contributed by atoms with Crippen LogP contribution in [-0.4, -0.2) is 39.4 Å². The second kappa shape index (κ2) is 5.26. The fourth-order valence-electron chi connectivity index (χ4n) is 3.50. The smallest absolute Gasteiger partial charge is 0.202 e. The standard InChI is InChI=1S/C15H26N4S/c1-15(2,3)13-17-14(20-18-13)16-10-8-11-6-5-7-12(9-10)19(11)4/h10-12H,5-9H2,1-4H3,(H,16,17,18). The Morgan fingerprint density at radius 2 is 1.85 bits per heavy atom. The Hall–Kier alpha value is -0.680. The first kappa shape index (κ1) is 14.3. The minimum atomic E-state index is 0.0414. The Morgan fingerprint density at radius 3 is 2.40 bits per heavy atom. The van der Waals surface area contributed by atoms with Gasteiger partial charge in [-0.3, -0.25) is 0 Å². The Labute approximate surface area is 126 Å². The lowest BCUT2D eigenvalue weighted by molar-refractivity contribution is 0.0608. The molecule has 2 aliphatic heterocycles. The molecule has 3 rings (SSSR count). The highest BCUT2D eigenvalue weighted by Crippen LogP contribution is 2.34. The van der Waals surface area contributed by atoms with Crippen LogP contribution in [0.4, 0.5) is 5.13 Å². The molecule has 0 aromatic carbocycles. The van der Waals surface area contributed by atoms with Gasteiger partial charge < -0.3 is 10.2 Å². The molecular formula is C15H26N4S. The highest BCUT2D eigenvalue weighted by Gasteiger charge is 2.36. The summed E-state index contributed by atoms with van der Waals surface area (Å²) < 4.78 is 4.50. The third-order valence-electron chi connectivity index (χ3n) is 4.76. The number of hydrogen-bond donors (Lipinski definition) is 1. The molecule has 1 aromatic rings. The van der Waals surface area contributed by atoms with Crippen molar-refractivity contribution in [2.75, 3.05) is 12.4 Å². The van der Waals surface area contributed by atoms with Crippen LogP contribution in [0, 0.1) is 0 Å². The second-order valence-electron chi connectivity index (χ2n) is 7.39. The van der Waals surface area contributed by atoms with Crippen LogP contribution in [0.15, 0.2) is 0 Å². The van der Waals surface area contributed by atoms with Gasteiger partial charge in [0.1, 0.15) is 5.82 Å². The van der Waals surface area contributed by atoms with Crippen molar-refractivity contribution in [1.82, 2.24) is 14.3 Å². The maximum atomic E-state index is 4.67. The minimum absolute atomic E-state index is 0.0414. The van der Waals surface area contributed by atoms with Crippen molar-refractivity contribution in [3.8, 4) is 0 Å². The van der Waals surface area contributed by atoms with Crippen molar-refractivity contribution in [3.63, 3.8) is 0 Å². The molecule has 0 amide bonds. The van der Waals surface area contributed by atoms with Crippen LogP contribution < -0.4 is 5.32 Å². The molecule has 2 bridgehead atoms. The average Bonchev–Trinajstić information content (AvgIpc) is 2.79. The van der Waals surface area contributed by atoms with Crippen LogP contribution in [-0.2, 0) is 5.41 Å². The molecular weight excluding hydrogens is 268 g/mol. The van der Waals surface area contributed by atoms with Crippen molar-refractivity contribution in [2.45, 2.75) is 76.4 Å². The van der Waals surface area contributed by atoms with Gasteiger partial charge in [0.25, 0.3) is 0 Å². The van der Waals surface area contributed by atoms with E-state index in [1.165, 1.54) is 43.6 Å². The fourth-order valence-corrected chi connectivity index (χ4v) is 4.33. The highest BCUT2D eigenvalue weighted by molar-refractivity contribution is 7.09. The molecule has 2 aliphatic rings. The number of piperidine rings is 2. The molecule has 0 aliphatic carbocycles. The number of hydrogen-bond acceptors (Lipinski definition) is 5. The van der Waals surface area contributed by atoms with E-state index in [4.69, 9.17) is 0 Å². The molecule has 112 valence electrons. The van der Waals surface area contributed by atoms with Gasteiger partial charge in [-0.05, 0) is 32.7 Å². The van der Waals surface area contributed by atoms with E-state index in [0.717, 1.165) is 23.0 Å². The largest absolute Gasteiger partial charge is 0.357 e. The number of nitrogens with one attached hydrogen (secondary N) is 1. The summed E-state index contributed by atoms with van der Waals surface area (Å²) in [5, 5.41) is 4.64. The van der Waals surface area contributed by atoms with Crippen LogP contribution in [0.1, 0.15) is 58.7 Å². The molecule has 20 heavy (non-hydrogen) atoms. The van der Waals surface area contributed by atoms with Crippen molar-refractivity contribution < 1.29 is 0 Å². The van der Waals surface area contributed by atoms with E-state index in [9.17, 15) is 0 Å². The zero-order valence-electron chi connectivity index (χ0n) is 13.0. The Bertz CT molecular complexity index is 451. The fraction of sp³-hybridized carbons (Fsp3) is 0.867. The lowest BCUT2D eigenvalue weighted by Gasteiger charge is -2.47. The molecule has 1 aromatic heterocycles. The summed E-state index contributed by atoms with van der Waals surface area (Å²) in [6.07, 6.45) is 6.61. The SMILES string of the molecule is CN1C2CCCC1CC(Nc1nc(C(C)(C)C)ns1)C2. The van der Waals surface area contributed by atoms with Gasteiger partial charge in [-0.15, -0.1) is 0 Å². The van der Waals surface area contributed by atoms with E-state index >= 15 is 0 Å². The lowest BCUT2D eigenvalue weighted by atomic mass is 9.82. The van der Waals surface area contributed by atoms with Gasteiger partial charge in [-0.1, -0.05) is 27.2 Å². The predicted molar refractivity (Wildman–Crippen MR) is 84.4 cm³/mol. The van der Waals surface area contributed by atoms with Gasteiger partial charge >= 0.3 is 0 Å². The molecule has 5 heteroatoms.